The van der Waals surface area contributed by atoms with Crippen LogP contribution in [0.5, 0.6) is 0 Å². The van der Waals surface area contributed by atoms with E-state index in [0.717, 1.165) is 15.7 Å². The second kappa shape index (κ2) is 7.51. The van der Waals surface area contributed by atoms with Crippen molar-refractivity contribution in [1.29, 1.82) is 0 Å². The summed E-state index contributed by atoms with van der Waals surface area (Å²) >= 11 is 5.82. The first-order chi connectivity index (χ1) is 9.67. The molecule has 0 aliphatic heterocycles. The van der Waals surface area contributed by atoms with Gasteiger partial charge >= 0.3 is 0 Å². The van der Waals surface area contributed by atoms with E-state index in [4.69, 9.17) is 10.6 Å². The molecular formula is C13H16BrIN4O. The fourth-order valence-electron chi connectivity index (χ4n) is 2.00. The van der Waals surface area contributed by atoms with Gasteiger partial charge in [0.05, 0.1) is 35.6 Å². The minimum absolute atomic E-state index is 0.124. The van der Waals surface area contributed by atoms with Gasteiger partial charge in [-0.15, -0.1) is 0 Å². The van der Waals surface area contributed by atoms with Crippen LogP contribution in [-0.2, 0) is 11.3 Å². The van der Waals surface area contributed by atoms with Gasteiger partial charge in [-0.2, -0.15) is 5.10 Å². The fourth-order valence-corrected chi connectivity index (χ4v) is 2.89. The number of hydrogen-bond acceptors (Lipinski definition) is 4. The third-order valence-corrected chi connectivity index (χ3v) is 4.31. The normalized spacial score (nSPS) is 12.6. The van der Waals surface area contributed by atoms with E-state index in [-0.39, 0.29) is 6.04 Å². The quantitative estimate of drug-likeness (QED) is 0.403. The Balaban J connectivity index is 2.35. The van der Waals surface area contributed by atoms with Gasteiger partial charge in [0.2, 0.25) is 0 Å². The van der Waals surface area contributed by atoms with Crippen LogP contribution < -0.4 is 11.3 Å². The second-order valence-corrected chi connectivity index (χ2v) is 6.34. The number of ether oxygens (including phenoxy) is 1. The molecule has 1 atom stereocenters. The molecule has 0 bridgehead atoms. The average Bonchev–Trinajstić information content (AvgIpc) is 2.81. The maximum Gasteiger partial charge on any atom is 0.0889 e. The monoisotopic (exact) mass is 450 g/mol. The molecule has 3 N–H and O–H groups in total. The lowest BCUT2D eigenvalue weighted by Crippen LogP contribution is -2.31. The van der Waals surface area contributed by atoms with E-state index in [0.29, 0.717) is 13.2 Å². The predicted octanol–water partition coefficient (Wildman–Crippen LogP) is 2.45. The van der Waals surface area contributed by atoms with Crippen molar-refractivity contribution in [3.63, 3.8) is 0 Å². The third kappa shape index (κ3) is 3.59. The lowest BCUT2D eigenvalue weighted by atomic mass is 10.0. The van der Waals surface area contributed by atoms with Crippen molar-refractivity contribution in [3.05, 3.63) is 49.8 Å². The minimum Gasteiger partial charge on any atom is -0.383 e. The summed E-state index contributed by atoms with van der Waals surface area (Å²) in [5, 5.41) is 4.36. The Labute approximate surface area is 140 Å². The van der Waals surface area contributed by atoms with Crippen molar-refractivity contribution >= 4 is 38.5 Å². The summed E-state index contributed by atoms with van der Waals surface area (Å²) in [6.07, 6.45) is 1.78. The standard InChI is InChI=1S/C13H16BrIN4O/c1-20-7-6-19-13(11(14)8-17-19)12(18-16)9-2-4-10(15)5-3-9/h2-5,8,12,18H,6-7,16H2,1H3. The van der Waals surface area contributed by atoms with Crippen LogP contribution in [0.4, 0.5) is 0 Å². The van der Waals surface area contributed by atoms with Crippen LogP contribution in [-0.4, -0.2) is 23.5 Å². The molecule has 0 spiro atoms. The van der Waals surface area contributed by atoms with E-state index in [1.807, 2.05) is 4.68 Å². The van der Waals surface area contributed by atoms with Gasteiger partial charge in [-0.3, -0.25) is 10.5 Å². The summed E-state index contributed by atoms with van der Waals surface area (Å²) in [6, 6.07) is 8.12. The van der Waals surface area contributed by atoms with Crippen LogP contribution in [0.3, 0.4) is 0 Å². The molecule has 1 heterocycles. The number of hydrogen-bond donors (Lipinski definition) is 2. The van der Waals surface area contributed by atoms with Crippen molar-refractivity contribution in [3.8, 4) is 0 Å². The summed E-state index contributed by atoms with van der Waals surface area (Å²) in [6.45, 7) is 1.28. The molecule has 2 rings (SSSR count). The highest BCUT2D eigenvalue weighted by Crippen LogP contribution is 2.28. The number of aromatic nitrogens is 2. The number of methoxy groups -OCH3 is 1. The molecule has 20 heavy (non-hydrogen) atoms. The highest BCUT2D eigenvalue weighted by molar-refractivity contribution is 14.1. The van der Waals surface area contributed by atoms with Crippen LogP contribution >= 0.6 is 38.5 Å². The molecule has 0 amide bonds. The van der Waals surface area contributed by atoms with Crippen molar-refractivity contribution in [2.75, 3.05) is 13.7 Å². The first-order valence-corrected chi connectivity index (χ1v) is 7.96. The molecule has 0 saturated carbocycles. The average molecular weight is 451 g/mol. The first kappa shape index (κ1) is 15.9. The SMILES string of the molecule is COCCn1ncc(Br)c1C(NN)c1ccc(I)cc1. The number of nitrogens with two attached hydrogens (primary N) is 1. The molecule has 1 aromatic heterocycles. The van der Waals surface area contributed by atoms with E-state index in [9.17, 15) is 0 Å². The summed E-state index contributed by atoms with van der Waals surface area (Å²) in [7, 11) is 1.68. The summed E-state index contributed by atoms with van der Waals surface area (Å²) in [4.78, 5) is 0. The third-order valence-electron chi connectivity index (χ3n) is 2.98. The molecule has 1 unspecified atom stereocenters. The molecule has 0 radical (unpaired) electrons. The molecule has 2 aromatic rings. The lowest BCUT2D eigenvalue weighted by molar-refractivity contribution is 0.182. The number of nitrogens with one attached hydrogen (secondary N) is 1. The molecule has 108 valence electrons. The smallest absolute Gasteiger partial charge is 0.0889 e. The maximum atomic E-state index is 5.76. The summed E-state index contributed by atoms with van der Waals surface area (Å²) in [5.74, 6) is 5.76. The maximum absolute atomic E-state index is 5.76. The zero-order valence-electron chi connectivity index (χ0n) is 11.0. The molecule has 5 nitrogen and oxygen atoms in total. The summed E-state index contributed by atoms with van der Waals surface area (Å²) in [5.41, 5.74) is 4.95. The number of rotatable bonds is 6. The van der Waals surface area contributed by atoms with Crippen LogP contribution in [0.2, 0.25) is 0 Å². The Hall–Kier alpha value is -0.480. The molecule has 0 saturated heterocycles. The highest BCUT2D eigenvalue weighted by atomic mass is 127. The molecule has 0 aliphatic carbocycles. The van der Waals surface area contributed by atoms with E-state index in [2.05, 4.69) is 73.3 Å². The van der Waals surface area contributed by atoms with Crippen molar-refractivity contribution in [2.45, 2.75) is 12.6 Å². The van der Waals surface area contributed by atoms with Crippen molar-refractivity contribution < 1.29 is 4.74 Å². The number of hydrazine groups is 1. The van der Waals surface area contributed by atoms with Crippen molar-refractivity contribution in [1.82, 2.24) is 15.2 Å². The van der Waals surface area contributed by atoms with E-state index < -0.39 is 0 Å². The molecule has 0 aliphatic rings. The molecule has 7 heteroatoms. The van der Waals surface area contributed by atoms with Crippen LogP contribution in [0.25, 0.3) is 0 Å². The zero-order chi connectivity index (χ0) is 14.5. The second-order valence-electron chi connectivity index (χ2n) is 4.24. The minimum atomic E-state index is -0.124. The van der Waals surface area contributed by atoms with Gasteiger partial charge in [-0.25, -0.2) is 5.43 Å². The van der Waals surface area contributed by atoms with E-state index >= 15 is 0 Å². The predicted molar refractivity (Wildman–Crippen MR) is 90.1 cm³/mol. The van der Waals surface area contributed by atoms with Crippen LogP contribution in [0.15, 0.2) is 34.9 Å². The Bertz CT molecular complexity index is 558. The Morgan fingerprint density at radius 3 is 2.75 bits per heavy atom. The van der Waals surface area contributed by atoms with Gasteiger partial charge < -0.3 is 4.74 Å². The van der Waals surface area contributed by atoms with Gasteiger partial charge in [0.15, 0.2) is 0 Å². The Morgan fingerprint density at radius 1 is 1.45 bits per heavy atom. The van der Waals surface area contributed by atoms with Crippen LogP contribution in [0, 0.1) is 3.57 Å². The molecular weight excluding hydrogens is 435 g/mol. The van der Waals surface area contributed by atoms with Gasteiger partial charge in [-0.1, -0.05) is 12.1 Å². The lowest BCUT2D eigenvalue weighted by Gasteiger charge is -2.19. The number of nitrogens with zero attached hydrogens (tertiary/aromatic N) is 2. The number of benzene rings is 1. The summed E-state index contributed by atoms with van der Waals surface area (Å²) < 4.78 is 9.13. The van der Waals surface area contributed by atoms with E-state index in [1.54, 1.807) is 13.3 Å². The fraction of sp³-hybridized carbons (Fsp3) is 0.308. The van der Waals surface area contributed by atoms with E-state index in [1.165, 1.54) is 3.57 Å². The first-order valence-electron chi connectivity index (χ1n) is 6.09. The number of halogens is 2. The van der Waals surface area contributed by atoms with Gasteiger partial charge in [0, 0.05) is 10.7 Å². The Kier molecular flexibility index (Phi) is 5.97. The highest BCUT2D eigenvalue weighted by Gasteiger charge is 2.20. The largest absolute Gasteiger partial charge is 0.383 e. The zero-order valence-corrected chi connectivity index (χ0v) is 14.8. The molecule has 1 aromatic carbocycles. The van der Waals surface area contributed by atoms with Crippen molar-refractivity contribution in [2.24, 2.45) is 5.84 Å². The van der Waals surface area contributed by atoms with Gasteiger partial charge in [0.25, 0.3) is 0 Å². The van der Waals surface area contributed by atoms with Crippen LogP contribution in [0.1, 0.15) is 17.3 Å². The molecule has 0 fully saturated rings. The van der Waals surface area contributed by atoms with Gasteiger partial charge in [-0.05, 0) is 56.2 Å². The van der Waals surface area contributed by atoms with Gasteiger partial charge in [0.1, 0.15) is 0 Å². The topological polar surface area (TPSA) is 65.1 Å². The Morgan fingerprint density at radius 2 is 2.15 bits per heavy atom.